The Kier molecular flexibility index (Phi) is 6.89. The molecule has 0 saturated carbocycles. The van der Waals surface area contributed by atoms with Gasteiger partial charge in [0.15, 0.2) is 0 Å². The Balaban J connectivity index is 1.65. The van der Waals surface area contributed by atoms with Crippen molar-refractivity contribution < 1.29 is 9.18 Å². The number of hydrogen-bond acceptors (Lipinski definition) is 6. The summed E-state index contributed by atoms with van der Waals surface area (Å²) in [5.41, 5.74) is 8.37. The van der Waals surface area contributed by atoms with Crippen molar-refractivity contribution in [1.82, 2.24) is 19.8 Å². The highest BCUT2D eigenvalue weighted by Gasteiger charge is 2.18. The molecular formula is C20H27FN6O. The van der Waals surface area contributed by atoms with Gasteiger partial charge in [-0.1, -0.05) is 18.2 Å². The summed E-state index contributed by atoms with van der Waals surface area (Å²) >= 11 is 0. The molecule has 0 aliphatic carbocycles. The molecule has 2 N–H and O–H groups in total. The van der Waals surface area contributed by atoms with Crippen molar-refractivity contribution in [2.45, 2.75) is 6.54 Å². The average molecular weight is 386 g/mol. The molecular weight excluding hydrogens is 359 g/mol. The van der Waals surface area contributed by atoms with Gasteiger partial charge in [-0.05, 0) is 17.2 Å². The molecule has 3 rings (SSSR count). The number of benzene rings is 1. The van der Waals surface area contributed by atoms with Crippen molar-refractivity contribution in [2.24, 2.45) is 5.73 Å². The van der Waals surface area contributed by atoms with Gasteiger partial charge < -0.3 is 15.5 Å². The van der Waals surface area contributed by atoms with Crippen molar-refractivity contribution in [3.05, 3.63) is 42.2 Å². The molecule has 8 heteroatoms. The number of nitrogens with two attached hydrogens (primary N) is 1. The number of nitrogens with zero attached hydrogens (tertiary/aromatic N) is 5. The van der Waals surface area contributed by atoms with Crippen LogP contribution >= 0.6 is 0 Å². The number of amides is 1. The second kappa shape index (κ2) is 9.57. The highest BCUT2D eigenvalue weighted by Crippen LogP contribution is 2.21. The molecule has 1 aliphatic heterocycles. The van der Waals surface area contributed by atoms with Gasteiger partial charge in [0.05, 0.1) is 6.54 Å². The molecule has 7 nitrogen and oxygen atoms in total. The normalized spacial score (nSPS) is 14.9. The lowest BCUT2D eigenvalue weighted by Crippen LogP contribution is -2.47. The number of piperazine rings is 1. The molecule has 0 spiro atoms. The van der Waals surface area contributed by atoms with Crippen LogP contribution in [0.25, 0.3) is 11.1 Å². The van der Waals surface area contributed by atoms with Crippen LogP contribution in [0.5, 0.6) is 0 Å². The van der Waals surface area contributed by atoms with Crippen LogP contribution in [0.4, 0.5) is 10.3 Å². The third-order valence-corrected chi connectivity index (χ3v) is 4.97. The summed E-state index contributed by atoms with van der Waals surface area (Å²) in [5.74, 6) is 0.609. The van der Waals surface area contributed by atoms with Gasteiger partial charge in [0, 0.05) is 64.3 Å². The maximum atomic E-state index is 12.5. The molecule has 1 aromatic carbocycles. The molecule has 1 aromatic heterocycles. The van der Waals surface area contributed by atoms with Crippen LogP contribution in [-0.2, 0) is 11.3 Å². The van der Waals surface area contributed by atoms with Crippen LogP contribution < -0.4 is 10.6 Å². The summed E-state index contributed by atoms with van der Waals surface area (Å²) in [4.78, 5) is 26.6. The Labute approximate surface area is 165 Å². The molecule has 0 atom stereocenters. The lowest BCUT2D eigenvalue weighted by molar-refractivity contribution is -0.128. The molecule has 150 valence electrons. The maximum absolute atomic E-state index is 12.5. The number of carbonyl (C=O) groups is 1. The first-order chi connectivity index (χ1) is 13.6. The summed E-state index contributed by atoms with van der Waals surface area (Å²) in [7, 11) is 1.74. The van der Waals surface area contributed by atoms with Gasteiger partial charge in [0.25, 0.3) is 0 Å². The predicted octanol–water partition coefficient (Wildman–Crippen LogP) is 1.15. The Hall–Kier alpha value is -2.58. The second-order valence-corrected chi connectivity index (χ2v) is 6.94. The molecule has 1 fully saturated rings. The Morgan fingerprint density at radius 3 is 2.54 bits per heavy atom. The molecule has 0 radical (unpaired) electrons. The summed E-state index contributed by atoms with van der Waals surface area (Å²) in [6.45, 7) is 3.96. The van der Waals surface area contributed by atoms with E-state index in [1.165, 1.54) is 0 Å². The standard InChI is InChI=1S/C20H27FN6O/c1-25(19(28)12-22)15-16-3-2-4-17(11-16)18-13-23-20(24-14-18)27-9-7-26(6-5-21)8-10-27/h2-4,11,13-14H,5-10,12,15,22H2,1H3. The van der Waals surface area contributed by atoms with Crippen molar-refractivity contribution in [1.29, 1.82) is 0 Å². The van der Waals surface area contributed by atoms with Gasteiger partial charge in [0.2, 0.25) is 11.9 Å². The first-order valence-corrected chi connectivity index (χ1v) is 9.49. The van der Waals surface area contributed by atoms with Crippen molar-refractivity contribution >= 4 is 11.9 Å². The van der Waals surface area contributed by atoms with Crippen LogP contribution in [0.1, 0.15) is 5.56 Å². The quantitative estimate of drug-likeness (QED) is 0.769. The number of halogens is 1. The molecule has 0 bridgehead atoms. The van der Waals surface area contributed by atoms with Crippen molar-refractivity contribution in [3.8, 4) is 11.1 Å². The third kappa shape index (κ3) is 5.02. The van der Waals surface area contributed by atoms with Crippen molar-refractivity contribution in [3.63, 3.8) is 0 Å². The van der Waals surface area contributed by atoms with Crippen LogP contribution in [0.3, 0.4) is 0 Å². The van der Waals surface area contributed by atoms with Gasteiger partial charge in [-0.15, -0.1) is 0 Å². The minimum Gasteiger partial charge on any atom is -0.340 e. The third-order valence-electron chi connectivity index (χ3n) is 4.97. The van der Waals surface area contributed by atoms with Gasteiger partial charge in [-0.2, -0.15) is 0 Å². The first kappa shape index (κ1) is 20.2. The fourth-order valence-corrected chi connectivity index (χ4v) is 3.29. The smallest absolute Gasteiger partial charge is 0.236 e. The second-order valence-electron chi connectivity index (χ2n) is 6.94. The number of aromatic nitrogens is 2. The topological polar surface area (TPSA) is 78.6 Å². The monoisotopic (exact) mass is 386 g/mol. The van der Waals surface area contributed by atoms with E-state index >= 15 is 0 Å². The van der Waals surface area contributed by atoms with E-state index in [4.69, 9.17) is 5.73 Å². The van der Waals surface area contributed by atoms with Gasteiger partial charge in [-0.25, -0.2) is 14.4 Å². The zero-order valence-corrected chi connectivity index (χ0v) is 16.2. The van der Waals surface area contributed by atoms with E-state index in [1.807, 2.05) is 36.7 Å². The van der Waals surface area contributed by atoms with E-state index < -0.39 is 0 Å². The van der Waals surface area contributed by atoms with E-state index in [9.17, 15) is 9.18 Å². The lowest BCUT2D eigenvalue weighted by Gasteiger charge is -2.34. The number of rotatable bonds is 7. The fraction of sp³-hybridized carbons (Fsp3) is 0.450. The largest absolute Gasteiger partial charge is 0.340 e. The zero-order chi connectivity index (χ0) is 19.9. The van der Waals surface area contributed by atoms with Gasteiger partial charge >= 0.3 is 0 Å². The SMILES string of the molecule is CN(Cc1cccc(-c2cnc(N3CCN(CCF)CC3)nc2)c1)C(=O)CN. The van der Waals surface area contributed by atoms with E-state index in [-0.39, 0.29) is 19.1 Å². The van der Waals surface area contributed by atoms with E-state index in [0.29, 0.717) is 19.0 Å². The fourth-order valence-electron chi connectivity index (χ4n) is 3.29. The first-order valence-electron chi connectivity index (χ1n) is 9.49. The van der Waals surface area contributed by atoms with E-state index in [1.54, 1.807) is 11.9 Å². The minimum absolute atomic E-state index is 0.00747. The van der Waals surface area contributed by atoms with E-state index in [2.05, 4.69) is 19.8 Å². The summed E-state index contributed by atoms with van der Waals surface area (Å²) in [5, 5.41) is 0. The molecule has 1 amide bonds. The van der Waals surface area contributed by atoms with Crippen molar-refractivity contribution in [2.75, 3.05) is 57.9 Å². The highest BCUT2D eigenvalue weighted by molar-refractivity contribution is 5.77. The maximum Gasteiger partial charge on any atom is 0.236 e. The summed E-state index contributed by atoms with van der Waals surface area (Å²) in [6.07, 6.45) is 3.65. The molecule has 28 heavy (non-hydrogen) atoms. The number of likely N-dealkylation sites (N-methyl/N-ethyl adjacent to an activating group) is 1. The number of carbonyl (C=O) groups excluding carboxylic acids is 1. The Morgan fingerprint density at radius 2 is 1.89 bits per heavy atom. The summed E-state index contributed by atoms with van der Waals surface area (Å²) < 4.78 is 12.5. The molecule has 2 aromatic rings. The number of alkyl halides is 1. The average Bonchev–Trinajstić information content (AvgIpc) is 2.74. The number of anilines is 1. The Bertz CT molecular complexity index is 777. The van der Waals surface area contributed by atoms with Crippen LogP contribution in [0.2, 0.25) is 0 Å². The molecule has 1 saturated heterocycles. The van der Waals surface area contributed by atoms with E-state index in [0.717, 1.165) is 42.9 Å². The molecule has 1 aliphatic rings. The van der Waals surface area contributed by atoms with Gasteiger partial charge in [-0.3, -0.25) is 9.69 Å². The summed E-state index contributed by atoms with van der Waals surface area (Å²) in [6, 6.07) is 7.98. The van der Waals surface area contributed by atoms with Crippen LogP contribution in [0, 0.1) is 0 Å². The van der Waals surface area contributed by atoms with Crippen LogP contribution in [0.15, 0.2) is 36.7 Å². The zero-order valence-electron chi connectivity index (χ0n) is 16.2. The highest BCUT2D eigenvalue weighted by atomic mass is 19.1. The predicted molar refractivity (Wildman–Crippen MR) is 108 cm³/mol. The minimum atomic E-state index is -0.305. The molecule has 2 heterocycles. The Morgan fingerprint density at radius 1 is 1.18 bits per heavy atom. The molecule has 0 unspecified atom stereocenters. The number of hydrogen-bond donors (Lipinski definition) is 1. The lowest BCUT2D eigenvalue weighted by atomic mass is 10.1. The van der Waals surface area contributed by atoms with Crippen LogP contribution in [-0.4, -0.2) is 78.7 Å². The van der Waals surface area contributed by atoms with Gasteiger partial charge in [0.1, 0.15) is 6.67 Å².